The predicted octanol–water partition coefficient (Wildman–Crippen LogP) is 2.42. The van der Waals surface area contributed by atoms with Gasteiger partial charge in [0.15, 0.2) is 0 Å². The number of nitrogens with one attached hydrogen (secondary N) is 1. The van der Waals surface area contributed by atoms with E-state index in [1.54, 1.807) is 0 Å². The quantitative estimate of drug-likeness (QED) is 0.862. The van der Waals surface area contributed by atoms with Crippen LogP contribution in [0.4, 0.5) is 0 Å². The molecular formula is C15H23NO. The smallest absolute Gasteiger partial charge is 0.0623 e. The van der Waals surface area contributed by atoms with Gasteiger partial charge in [0.25, 0.3) is 0 Å². The predicted molar refractivity (Wildman–Crippen MR) is 71.3 cm³/mol. The fourth-order valence-electron chi connectivity index (χ4n) is 2.32. The molecule has 1 aliphatic rings. The standard InChI is InChI=1S/C15H23NO/c1-12(2)9-13-3-5-14(6-4-13)10-15-11-17-8-7-16-15/h3-6,12,15-16H,7-11H2,1-2H3. The topological polar surface area (TPSA) is 21.3 Å². The zero-order valence-electron chi connectivity index (χ0n) is 10.9. The van der Waals surface area contributed by atoms with Crippen molar-refractivity contribution in [2.45, 2.75) is 32.7 Å². The summed E-state index contributed by atoms with van der Waals surface area (Å²) < 4.78 is 5.47. The van der Waals surface area contributed by atoms with Crippen LogP contribution in [0.15, 0.2) is 24.3 Å². The van der Waals surface area contributed by atoms with Crippen molar-refractivity contribution in [2.24, 2.45) is 5.92 Å². The van der Waals surface area contributed by atoms with Crippen LogP contribution in [0.1, 0.15) is 25.0 Å². The lowest BCUT2D eigenvalue weighted by atomic mass is 9.99. The van der Waals surface area contributed by atoms with Gasteiger partial charge in [-0.05, 0) is 29.9 Å². The van der Waals surface area contributed by atoms with Crippen molar-refractivity contribution in [1.82, 2.24) is 5.32 Å². The first-order valence-corrected chi connectivity index (χ1v) is 6.63. The van der Waals surface area contributed by atoms with Gasteiger partial charge in [-0.2, -0.15) is 0 Å². The molecule has 0 aromatic heterocycles. The Bertz CT molecular complexity index is 325. The second-order valence-electron chi connectivity index (χ2n) is 5.34. The highest BCUT2D eigenvalue weighted by molar-refractivity contribution is 5.23. The van der Waals surface area contributed by atoms with Gasteiger partial charge in [0, 0.05) is 12.6 Å². The van der Waals surface area contributed by atoms with E-state index in [2.05, 4.69) is 43.4 Å². The van der Waals surface area contributed by atoms with Crippen LogP contribution >= 0.6 is 0 Å². The Kier molecular flexibility index (Phi) is 4.57. The van der Waals surface area contributed by atoms with Crippen molar-refractivity contribution in [3.63, 3.8) is 0 Å². The first-order chi connectivity index (χ1) is 8.24. The summed E-state index contributed by atoms with van der Waals surface area (Å²) in [4.78, 5) is 0. The average molecular weight is 233 g/mol. The lowest BCUT2D eigenvalue weighted by Crippen LogP contribution is -2.42. The SMILES string of the molecule is CC(C)Cc1ccc(CC2COCCN2)cc1. The van der Waals surface area contributed by atoms with Crippen molar-refractivity contribution in [2.75, 3.05) is 19.8 Å². The molecule has 1 heterocycles. The first kappa shape index (κ1) is 12.6. The van der Waals surface area contributed by atoms with Crippen LogP contribution in [0, 0.1) is 5.92 Å². The fraction of sp³-hybridized carbons (Fsp3) is 0.600. The molecule has 1 saturated heterocycles. The van der Waals surface area contributed by atoms with Gasteiger partial charge < -0.3 is 10.1 Å². The van der Waals surface area contributed by atoms with E-state index >= 15 is 0 Å². The Balaban J connectivity index is 1.88. The monoisotopic (exact) mass is 233 g/mol. The van der Waals surface area contributed by atoms with Crippen LogP contribution in [0.25, 0.3) is 0 Å². The molecule has 1 unspecified atom stereocenters. The van der Waals surface area contributed by atoms with E-state index in [0.717, 1.165) is 32.1 Å². The average Bonchev–Trinajstić information content (AvgIpc) is 2.32. The maximum absolute atomic E-state index is 5.47. The van der Waals surface area contributed by atoms with E-state index in [9.17, 15) is 0 Å². The normalized spacial score (nSPS) is 20.8. The lowest BCUT2D eigenvalue weighted by molar-refractivity contribution is 0.0770. The Morgan fingerprint density at radius 3 is 2.53 bits per heavy atom. The number of rotatable bonds is 4. The zero-order valence-corrected chi connectivity index (χ0v) is 10.9. The zero-order chi connectivity index (χ0) is 12.1. The van der Waals surface area contributed by atoms with Gasteiger partial charge in [0.05, 0.1) is 13.2 Å². The molecule has 1 aromatic carbocycles. The van der Waals surface area contributed by atoms with Crippen LogP contribution in [-0.4, -0.2) is 25.8 Å². The van der Waals surface area contributed by atoms with Crippen LogP contribution in [-0.2, 0) is 17.6 Å². The number of hydrogen-bond donors (Lipinski definition) is 1. The summed E-state index contributed by atoms with van der Waals surface area (Å²) >= 11 is 0. The lowest BCUT2D eigenvalue weighted by Gasteiger charge is -2.23. The maximum atomic E-state index is 5.47. The van der Waals surface area contributed by atoms with Crippen LogP contribution in [0.3, 0.4) is 0 Å². The van der Waals surface area contributed by atoms with Gasteiger partial charge >= 0.3 is 0 Å². The summed E-state index contributed by atoms with van der Waals surface area (Å²) in [5.41, 5.74) is 2.84. The minimum atomic E-state index is 0.486. The molecule has 0 aliphatic carbocycles. The molecule has 2 rings (SSSR count). The van der Waals surface area contributed by atoms with Crippen molar-refractivity contribution < 1.29 is 4.74 Å². The highest BCUT2D eigenvalue weighted by Gasteiger charge is 2.13. The molecule has 0 bridgehead atoms. The number of hydrogen-bond acceptors (Lipinski definition) is 2. The Morgan fingerprint density at radius 1 is 1.24 bits per heavy atom. The molecule has 1 N–H and O–H groups in total. The summed E-state index contributed by atoms with van der Waals surface area (Å²) in [6.07, 6.45) is 2.24. The number of benzene rings is 1. The third kappa shape index (κ3) is 4.14. The second kappa shape index (κ2) is 6.18. The van der Waals surface area contributed by atoms with E-state index < -0.39 is 0 Å². The minimum Gasteiger partial charge on any atom is -0.379 e. The third-order valence-corrected chi connectivity index (χ3v) is 3.15. The molecule has 94 valence electrons. The molecule has 2 nitrogen and oxygen atoms in total. The molecule has 1 fully saturated rings. The largest absolute Gasteiger partial charge is 0.379 e. The summed E-state index contributed by atoms with van der Waals surface area (Å²) in [5, 5.41) is 3.49. The molecule has 1 atom stereocenters. The van der Waals surface area contributed by atoms with E-state index in [4.69, 9.17) is 4.74 Å². The van der Waals surface area contributed by atoms with Crippen LogP contribution in [0.2, 0.25) is 0 Å². The van der Waals surface area contributed by atoms with Crippen LogP contribution < -0.4 is 5.32 Å². The number of morpholine rings is 1. The Labute approximate surface area is 104 Å². The van der Waals surface area contributed by atoms with Crippen molar-refractivity contribution in [3.8, 4) is 0 Å². The van der Waals surface area contributed by atoms with E-state index in [0.29, 0.717) is 6.04 Å². The highest BCUT2D eigenvalue weighted by Crippen LogP contribution is 2.11. The molecule has 0 saturated carbocycles. The fourth-order valence-corrected chi connectivity index (χ4v) is 2.32. The van der Waals surface area contributed by atoms with Gasteiger partial charge in [-0.15, -0.1) is 0 Å². The Hall–Kier alpha value is -0.860. The number of ether oxygens (including phenoxy) is 1. The van der Waals surface area contributed by atoms with Gasteiger partial charge in [-0.3, -0.25) is 0 Å². The maximum Gasteiger partial charge on any atom is 0.0623 e. The van der Waals surface area contributed by atoms with E-state index in [1.807, 2.05) is 0 Å². The van der Waals surface area contributed by atoms with Crippen molar-refractivity contribution in [3.05, 3.63) is 35.4 Å². The van der Waals surface area contributed by atoms with Gasteiger partial charge in [0.2, 0.25) is 0 Å². The minimum absolute atomic E-state index is 0.486. The molecule has 2 heteroatoms. The van der Waals surface area contributed by atoms with Gasteiger partial charge in [-0.25, -0.2) is 0 Å². The van der Waals surface area contributed by atoms with Gasteiger partial charge in [0.1, 0.15) is 0 Å². The molecular weight excluding hydrogens is 210 g/mol. The third-order valence-electron chi connectivity index (χ3n) is 3.15. The van der Waals surface area contributed by atoms with Gasteiger partial charge in [-0.1, -0.05) is 38.1 Å². The Morgan fingerprint density at radius 2 is 1.94 bits per heavy atom. The molecule has 1 aromatic rings. The second-order valence-corrected chi connectivity index (χ2v) is 5.34. The molecule has 0 radical (unpaired) electrons. The molecule has 0 spiro atoms. The van der Waals surface area contributed by atoms with Crippen molar-refractivity contribution >= 4 is 0 Å². The highest BCUT2D eigenvalue weighted by atomic mass is 16.5. The molecule has 0 amide bonds. The molecule has 1 aliphatic heterocycles. The van der Waals surface area contributed by atoms with E-state index in [1.165, 1.54) is 17.5 Å². The van der Waals surface area contributed by atoms with Crippen LogP contribution in [0.5, 0.6) is 0 Å². The molecule has 17 heavy (non-hydrogen) atoms. The first-order valence-electron chi connectivity index (χ1n) is 6.63. The van der Waals surface area contributed by atoms with Crippen molar-refractivity contribution in [1.29, 1.82) is 0 Å². The van der Waals surface area contributed by atoms with E-state index in [-0.39, 0.29) is 0 Å². The summed E-state index contributed by atoms with van der Waals surface area (Å²) in [6.45, 7) is 7.20. The summed E-state index contributed by atoms with van der Waals surface area (Å²) in [6, 6.07) is 9.53. The summed E-state index contributed by atoms with van der Waals surface area (Å²) in [7, 11) is 0. The summed E-state index contributed by atoms with van der Waals surface area (Å²) in [5.74, 6) is 0.731.